The molecule has 3 aromatic rings. The van der Waals surface area contributed by atoms with E-state index in [1.54, 1.807) is 19.1 Å². The predicted molar refractivity (Wildman–Crippen MR) is 136 cm³/mol. The minimum Gasteiger partial charge on any atom is -0.507 e. The molecule has 1 heterocycles. The Bertz CT molecular complexity index is 1110. The Kier molecular flexibility index (Phi) is 8.82. The van der Waals surface area contributed by atoms with E-state index in [0.717, 1.165) is 48.3 Å². The summed E-state index contributed by atoms with van der Waals surface area (Å²) in [5.41, 5.74) is 4.16. The molecule has 0 spiro atoms. The summed E-state index contributed by atoms with van der Waals surface area (Å²) >= 11 is 0. The van der Waals surface area contributed by atoms with Crippen LogP contribution in [0, 0.1) is 0 Å². The molecule has 1 aliphatic rings. The molecule has 6 heteroatoms. The SMILES string of the molecule is CN1CCC(Oc2ccc(C=O)c(O)c2)CC1.CNc1cc(-c2ccccc2)ccc1C(C)=O. The number of carbonyl (C=O) groups excluding carboxylic acids is 2. The van der Waals surface area contributed by atoms with E-state index < -0.39 is 0 Å². The molecule has 0 bridgehead atoms. The van der Waals surface area contributed by atoms with E-state index in [-0.39, 0.29) is 17.6 Å². The quantitative estimate of drug-likeness (QED) is 0.385. The first-order valence-electron chi connectivity index (χ1n) is 11.4. The molecule has 0 saturated carbocycles. The third kappa shape index (κ3) is 6.68. The molecule has 3 aromatic carbocycles. The van der Waals surface area contributed by atoms with Gasteiger partial charge in [0.2, 0.25) is 0 Å². The molecule has 4 rings (SSSR count). The fraction of sp³-hybridized carbons (Fsp3) is 0.286. The Morgan fingerprint density at radius 2 is 1.74 bits per heavy atom. The van der Waals surface area contributed by atoms with Crippen molar-refractivity contribution in [2.75, 3.05) is 32.5 Å². The third-order valence-electron chi connectivity index (χ3n) is 5.87. The summed E-state index contributed by atoms with van der Waals surface area (Å²) < 4.78 is 5.78. The molecule has 0 atom stereocenters. The lowest BCUT2D eigenvalue weighted by molar-refractivity contribution is 0.101. The zero-order chi connectivity index (χ0) is 24.5. The number of hydrogen-bond donors (Lipinski definition) is 2. The van der Waals surface area contributed by atoms with Crippen LogP contribution in [-0.2, 0) is 0 Å². The van der Waals surface area contributed by atoms with Gasteiger partial charge in [0.05, 0.1) is 5.56 Å². The van der Waals surface area contributed by atoms with Crippen LogP contribution in [0.1, 0.15) is 40.5 Å². The monoisotopic (exact) mass is 460 g/mol. The second kappa shape index (κ2) is 12.0. The van der Waals surface area contributed by atoms with Crippen LogP contribution < -0.4 is 10.1 Å². The van der Waals surface area contributed by atoms with Gasteiger partial charge in [0.15, 0.2) is 12.1 Å². The number of nitrogens with one attached hydrogen (secondary N) is 1. The second-order valence-electron chi connectivity index (χ2n) is 8.39. The van der Waals surface area contributed by atoms with Gasteiger partial charge in [-0.25, -0.2) is 0 Å². The zero-order valence-corrected chi connectivity index (χ0v) is 20.0. The summed E-state index contributed by atoms with van der Waals surface area (Å²) in [5, 5.41) is 12.6. The van der Waals surface area contributed by atoms with E-state index in [1.165, 1.54) is 6.07 Å². The van der Waals surface area contributed by atoms with Gasteiger partial charge in [-0.05, 0) is 62.2 Å². The standard InChI is InChI=1S/C15H15NO.C13H17NO3/c1-11(17)14-9-8-13(10-15(14)16-2)12-6-4-3-5-7-12;1-14-6-4-11(5-7-14)17-12-3-2-10(9-15)13(16)8-12/h3-10,16H,1-2H3;2-3,8-9,11,16H,4-7H2,1H3. The number of likely N-dealkylation sites (tertiary alicyclic amines) is 1. The number of Topliss-reactive ketones (excluding diaryl/α,β-unsaturated/α-hetero) is 1. The van der Waals surface area contributed by atoms with Gasteiger partial charge < -0.3 is 20.1 Å². The number of nitrogens with zero attached hydrogens (tertiary/aromatic N) is 1. The first-order valence-corrected chi connectivity index (χ1v) is 11.4. The molecule has 6 nitrogen and oxygen atoms in total. The number of ketones is 1. The van der Waals surface area contributed by atoms with Crippen molar-refractivity contribution >= 4 is 17.8 Å². The van der Waals surface area contributed by atoms with Crippen molar-refractivity contribution in [2.24, 2.45) is 0 Å². The number of phenolic OH excluding ortho intramolecular Hbond substituents is 1. The van der Waals surface area contributed by atoms with E-state index in [0.29, 0.717) is 17.6 Å². The first kappa shape index (κ1) is 25.0. The average molecular weight is 461 g/mol. The van der Waals surface area contributed by atoms with Crippen LogP contribution in [0.5, 0.6) is 11.5 Å². The lowest BCUT2D eigenvalue weighted by atomic mass is 10.0. The molecule has 178 valence electrons. The number of benzene rings is 3. The molecule has 1 fully saturated rings. The number of carbonyl (C=O) groups is 2. The Hall–Kier alpha value is -3.64. The van der Waals surface area contributed by atoms with Crippen LogP contribution in [0.3, 0.4) is 0 Å². The fourth-order valence-electron chi connectivity index (χ4n) is 3.86. The van der Waals surface area contributed by atoms with Gasteiger partial charge in [-0.1, -0.05) is 36.4 Å². The highest BCUT2D eigenvalue weighted by molar-refractivity contribution is 6.00. The van der Waals surface area contributed by atoms with Gasteiger partial charge in [0.25, 0.3) is 0 Å². The number of piperidine rings is 1. The van der Waals surface area contributed by atoms with Crippen LogP contribution in [0.15, 0.2) is 66.7 Å². The smallest absolute Gasteiger partial charge is 0.161 e. The number of phenols is 1. The summed E-state index contributed by atoms with van der Waals surface area (Å²) in [4.78, 5) is 24.3. The first-order chi connectivity index (χ1) is 16.4. The van der Waals surface area contributed by atoms with Gasteiger partial charge in [0.1, 0.15) is 17.6 Å². The molecule has 1 saturated heterocycles. The van der Waals surface area contributed by atoms with E-state index in [4.69, 9.17) is 4.74 Å². The molecule has 0 aromatic heterocycles. The summed E-state index contributed by atoms with van der Waals surface area (Å²) in [6, 6.07) is 20.8. The van der Waals surface area contributed by atoms with Gasteiger partial charge in [-0.3, -0.25) is 9.59 Å². The van der Waals surface area contributed by atoms with Crippen molar-refractivity contribution in [1.82, 2.24) is 4.90 Å². The van der Waals surface area contributed by atoms with Gasteiger partial charge >= 0.3 is 0 Å². The lowest BCUT2D eigenvalue weighted by Gasteiger charge is -2.29. The van der Waals surface area contributed by atoms with Crippen molar-refractivity contribution in [1.29, 1.82) is 0 Å². The molecule has 0 amide bonds. The molecule has 2 N–H and O–H groups in total. The highest BCUT2D eigenvalue weighted by Gasteiger charge is 2.18. The van der Waals surface area contributed by atoms with E-state index in [1.807, 2.05) is 43.4 Å². The number of rotatable bonds is 6. The lowest BCUT2D eigenvalue weighted by Crippen LogP contribution is -2.35. The van der Waals surface area contributed by atoms with Gasteiger partial charge in [0, 0.05) is 37.5 Å². The number of ether oxygens (including phenoxy) is 1. The normalized spacial score (nSPS) is 14.0. The van der Waals surface area contributed by atoms with Crippen LogP contribution >= 0.6 is 0 Å². The third-order valence-corrected chi connectivity index (χ3v) is 5.87. The zero-order valence-electron chi connectivity index (χ0n) is 20.0. The molecule has 0 radical (unpaired) electrons. The minimum atomic E-state index is -0.0228. The van der Waals surface area contributed by atoms with Crippen LogP contribution in [-0.4, -0.2) is 55.4 Å². The molecule has 34 heavy (non-hydrogen) atoms. The van der Waals surface area contributed by atoms with E-state index in [2.05, 4.69) is 29.4 Å². The Labute approximate surface area is 201 Å². The molecule has 0 unspecified atom stereocenters. The van der Waals surface area contributed by atoms with Gasteiger partial charge in [-0.15, -0.1) is 0 Å². The summed E-state index contributed by atoms with van der Waals surface area (Å²) in [6.07, 6.45) is 2.82. The fourth-order valence-corrected chi connectivity index (χ4v) is 3.86. The van der Waals surface area contributed by atoms with Crippen LogP contribution in [0.25, 0.3) is 11.1 Å². The largest absolute Gasteiger partial charge is 0.507 e. The summed E-state index contributed by atoms with van der Waals surface area (Å²) in [5.74, 6) is 0.682. The molecular weight excluding hydrogens is 428 g/mol. The van der Waals surface area contributed by atoms with Crippen molar-refractivity contribution in [3.8, 4) is 22.6 Å². The molecular formula is C28H32N2O4. The maximum absolute atomic E-state index is 11.4. The number of aldehydes is 1. The number of hydrogen-bond acceptors (Lipinski definition) is 6. The Morgan fingerprint density at radius 1 is 1.03 bits per heavy atom. The van der Waals surface area contributed by atoms with Crippen LogP contribution in [0.2, 0.25) is 0 Å². The number of anilines is 1. The van der Waals surface area contributed by atoms with Crippen molar-refractivity contribution in [3.63, 3.8) is 0 Å². The van der Waals surface area contributed by atoms with Crippen molar-refractivity contribution in [3.05, 3.63) is 77.9 Å². The Morgan fingerprint density at radius 3 is 2.32 bits per heavy atom. The van der Waals surface area contributed by atoms with Crippen molar-refractivity contribution < 1.29 is 19.4 Å². The topological polar surface area (TPSA) is 78.9 Å². The van der Waals surface area contributed by atoms with Crippen molar-refractivity contribution in [2.45, 2.75) is 25.9 Å². The number of aromatic hydroxyl groups is 1. The average Bonchev–Trinajstić information content (AvgIpc) is 2.86. The molecule has 1 aliphatic heterocycles. The second-order valence-corrected chi connectivity index (χ2v) is 8.39. The van der Waals surface area contributed by atoms with Crippen LogP contribution in [0.4, 0.5) is 5.69 Å². The Balaban J connectivity index is 0.000000191. The maximum Gasteiger partial charge on any atom is 0.161 e. The maximum atomic E-state index is 11.4. The highest BCUT2D eigenvalue weighted by Crippen LogP contribution is 2.26. The summed E-state index contributed by atoms with van der Waals surface area (Å²) in [7, 11) is 3.93. The van der Waals surface area contributed by atoms with Gasteiger partial charge in [-0.2, -0.15) is 0 Å². The summed E-state index contributed by atoms with van der Waals surface area (Å²) in [6.45, 7) is 3.64. The van der Waals surface area contributed by atoms with E-state index in [9.17, 15) is 14.7 Å². The predicted octanol–water partition coefficient (Wildman–Crippen LogP) is 5.28. The minimum absolute atomic E-state index is 0.0228. The van der Waals surface area contributed by atoms with E-state index >= 15 is 0 Å². The highest BCUT2D eigenvalue weighted by atomic mass is 16.5. The molecule has 0 aliphatic carbocycles.